The molecule has 0 radical (unpaired) electrons. The predicted molar refractivity (Wildman–Crippen MR) is 137 cm³/mol. The number of nitrogens with zero attached hydrogens (tertiary/aromatic N) is 1. The van der Waals surface area contributed by atoms with E-state index < -0.39 is 10.0 Å². The summed E-state index contributed by atoms with van der Waals surface area (Å²) in [5, 5.41) is 3.01. The molecule has 0 saturated heterocycles. The molecule has 0 unspecified atom stereocenters. The van der Waals surface area contributed by atoms with Crippen LogP contribution in [0.5, 0.6) is 0 Å². The van der Waals surface area contributed by atoms with Gasteiger partial charge in [-0.05, 0) is 80.0 Å². The highest BCUT2D eigenvalue weighted by Crippen LogP contribution is 2.28. The van der Waals surface area contributed by atoms with Crippen molar-refractivity contribution in [1.82, 2.24) is 5.32 Å². The van der Waals surface area contributed by atoms with Crippen molar-refractivity contribution in [3.63, 3.8) is 0 Å². The van der Waals surface area contributed by atoms with Crippen LogP contribution >= 0.6 is 0 Å². The van der Waals surface area contributed by atoms with Gasteiger partial charge in [-0.2, -0.15) is 0 Å². The molecule has 1 amide bonds. The first-order valence-electron chi connectivity index (χ1n) is 11.9. The second kappa shape index (κ2) is 10.0. The number of nitrogens with one attached hydrogen (secondary N) is 1. The molecular formula is C28H32N2O3S. The van der Waals surface area contributed by atoms with Crippen LogP contribution in [-0.2, 0) is 34.1 Å². The summed E-state index contributed by atoms with van der Waals surface area (Å²) in [6, 6.07) is 20.2. The van der Waals surface area contributed by atoms with Gasteiger partial charge in [0.25, 0.3) is 10.0 Å². The summed E-state index contributed by atoms with van der Waals surface area (Å²) < 4.78 is 28.6. The number of sulfonamides is 1. The minimum Gasteiger partial charge on any atom is -0.348 e. The van der Waals surface area contributed by atoms with Crippen LogP contribution in [-0.4, -0.2) is 20.9 Å². The Morgan fingerprint density at radius 2 is 1.71 bits per heavy atom. The molecule has 0 saturated carbocycles. The van der Waals surface area contributed by atoms with E-state index in [1.807, 2.05) is 32.9 Å². The van der Waals surface area contributed by atoms with Gasteiger partial charge in [0.05, 0.1) is 16.6 Å². The highest BCUT2D eigenvalue weighted by Gasteiger charge is 2.29. The zero-order valence-corrected chi connectivity index (χ0v) is 20.9. The van der Waals surface area contributed by atoms with Gasteiger partial charge in [0, 0.05) is 0 Å². The fourth-order valence-corrected chi connectivity index (χ4v) is 6.01. The predicted octanol–water partition coefficient (Wildman–Crippen LogP) is 5.12. The molecule has 0 aromatic heterocycles. The van der Waals surface area contributed by atoms with Crippen LogP contribution < -0.4 is 9.62 Å². The van der Waals surface area contributed by atoms with Crippen LogP contribution in [0.1, 0.15) is 54.1 Å². The molecule has 5 nitrogen and oxygen atoms in total. The molecule has 1 N–H and O–H groups in total. The Balaban J connectivity index is 1.61. The third kappa shape index (κ3) is 5.02. The van der Waals surface area contributed by atoms with Gasteiger partial charge in [0.2, 0.25) is 5.91 Å². The number of hydrogen-bond acceptors (Lipinski definition) is 3. The first kappa shape index (κ1) is 24.0. The zero-order valence-electron chi connectivity index (χ0n) is 20.0. The Hall–Kier alpha value is -3.12. The average molecular weight is 477 g/mol. The molecule has 178 valence electrons. The summed E-state index contributed by atoms with van der Waals surface area (Å²) in [7, 11) is -3.93. The molecule has 0 heterocycles. The van der Waals surface area contributed by atoms with Crippen molar-refractivity contribution >= 4 is 21.6 Å². The van der Waals surface area contributed by atoms with Crippen LogP contribution in [0.2, 0.25) is 0 Å². The monoisotopic (exact) mass is 476 g/mol. The van der Waals surface area contributed by atoms with Crippen molar-refractivity contribution in [3.8, 4) is 0 Å². The standard InChI is InChI=1S/C28H32N2O3S/c1-4-22-8-5-6-11-27(22)30(34(32,33)26-16-12-20(2)13-17-26)19-28(31)29-21(3)24-15-14-23-9-7-10-25(23)18-24/h5-6,8,11-18,21H,4,7,9-10,19H2,1-3H3,(H,29,31)/t21-/m1/s1. The van der Waals surface area contributed by atoms with E-state index in [0.717, 1.165) is 29.5 Å². The van der Waals surface area contributed by atoms with Crippen molar-refractivity contribution in [1.29, 1.82) is 0 Å². The Bertz CT molecular complexity index is 1280. The van der Waals surface area contributed by atoms with Crippen LogP contribution in [0.15, 0.2) is 71.6 Å². The fraction of sp³-hybridized carbons (Fsp3) is 0.321. The van der Waals surface area contributed by atoms with Crippen molar-refractivity contribution in [3.05, 3.63) is 94.5 Å². The van der Waals surface area contributed by atoms with Gasteiger partial charge in [0.15, 0.2) is 0 Å². The lowest BCUT2D eigenvalue weighted by Gasteiger charge is -2.27. The highest BCUT2D eigenvalue weighted by molar-refractivity contribution is 7.92. The van der Waals surface area contributed by atoms with E-state index >= 15 is 0 Å². The molecule has 1 aliphatic carbocycles. The minimum atomic E-state index is -3.93. The van der Waals surface area contributed by atoms with E-state index in [-0.39, 0.29) is 23.4 Å². The normalized spacial score (nSPS) is 13.9. The van der Waals surface area contributed by atoms with Crippen LogP contribution in [0.25, 0.3) is 0 Å². The molecule has 4 rings (SSSR count). The lowest BCUT2D eigenvalue weighted by molar-refractivity contribution is -0.120. The van der Waals surface area contributed by atoms with Crippen molar-refractivity contribution in [2.24, 2.45) is 0 Å². The van der Waals surface area contributed by atoms with E-state index in [9.17, 15) is 13.2 Å². The number of para-hydroxylation sites is 1. The lowest BCUT2D eigenvalue weighted by atomic mass is 10.0. The molecule has 0 aliphatic heterocycles. The number of amides is 1. The molecule has 34 heavy (non-hydrogen) atoms. The maximum Gasteiger partial charge on any atom is 0.264 e. The number of fused-ring (bicyclic) bond motifs is 1. The third-order valence-electron chi connectivity index (χ3n) is 6.54. The van der Waals surface area contributed by atoms with Gasteiger partial charge in [-0.1, -0.05) is 61.0 Å². The minimum absolute atomic E-state index is 0.170. The molecule has 0 spiro atoms. The first-order chi connectivity index (χ1) is 16.3. The summed E-state index contributed by atoms with van der Waals surface area (Å²) in [6.07, 6.45) is 4.00. The molecule has 0 fully saturated rings. The summed E-state index contributed by atoms with van der Waals surface area (Å²) >= 11 is 0. The van der Waals surface area contributed by atoms with Gasteiger partial charge in [-0.15, -0.1) is 0 Å². The second-order valence-electron chi connectivity index (χ2n) is 8.98. The number of carbonyl (C=O) groups excluding carboxylic acids is 1. The average Bonchev–Trinajstić information content (AvgIpc) is 3.30. The van der Waals surface area contributed by atoms with Crippen molar-refractivity contribution < 1.29 is 13.2 Å². The van der Waals surface area contributed by atoms with Crippen LogP contribution in [0, 0.1) is 6.92 Å². The maximum atomic E-state index is 13.7. The Morgan fingerprint density at radius 3 is 2.44 bits per heavy atom. The maximum absolute atomic E-state index is 13.7. The third-order valence-corrected chi connectivity index (χ3v) is 8.31. The van der Waals surface area contributed by atoms with Crippen molar-refractivity contribution in [2.75, 3.05) is 10.8 Å². The Labute approximate surface area is 202 Å². The summed E-state index contributed by atoms with van der Waals surface area (Å²) in [6.45, 7) is 5.54. The summed E-state index contributed by atoms with van der Waals surface area (Å²) in [5.41, 5.74) is 6.15. The van der Waals surface area contributed by atoms with E-state index in [0.29, 0.717) is 12.1 Å². The van der Waals surface area contributed by atoms with Gasteiger partial charge in [0.1, 0.15) is 6.54 Å². The SMILES string of the molecule is CCc1ccccc1N(CC(=O)N[C@H](C)c1ccc2c(c1)CCC2)S(=O)(=O)c1ccc(C)cc1. The van der Waals surface area contributed by atoms with E-state index in [2.05, 4.69) is 23.5 Å². The number of benzene rings is 3. The number of anilines is 1. The summed E-state index contributed by atoms with van der Waals surface area (Å²) in [5.74, 6) is -0.338. The first-order valence-corrected chi connectivity index (χ1v) is 13.3. The molecule has 6 heteroatoms. The van der Waals surface area contributed by atoms with Crippen LogP contribution in [0.4, 0.5) is 5.69 Å². The largest absolute Gasteiger partial charge is 0.348 e. The number of carbonyl (C=O) groups is 1. The number of hydrogen-bond donors (Lipinski definition) is 1. The molecule has 3 aromatic carbocycles. The van der Waals surface area contributed by atoms with Gasteiger partial charge in [-0.25, -0.2) is 8.42 Å². The molecule has 1 aliphatic rings. The molecule has 0 bridgehead atoms. The van der Waals surface area contributed by atoms with E-state index in [1.165, 1.54) is 21.9 Å². The smallest absolute Gasteiger partial charge is 0.264 e. The Morgan fingerprint density at radius 1 is 1.00 bits per heavy atom. The second-order valence-corrected chi connectivity index (χ2v) is 10.8. The van der Waals surface area contributed by atoms with Gasteiger partial charge in [-0.3, -0.25) is 9.10 Å². The number of aryl methyl sites for hydroxylation is 4. The number of rotatable bonds is 8. The van der Waals surface area contributed by atoms with E-state index in [4.69, 9.17) is 0 Å². The molecular weight excluding hydrogens is 444 g/mol. The Kier molecular flexibility index (Phi) is 7.08. The quantitative estimate of drug-likeness (QED) is 0.491. The molecule has 3 aromatic rings. The fourth-order valence-electron chi connectivity index (χ4n) is 4.55. The lowest BCUT2D eigenvalue weighted by Crippen LogP contribution is -2.42. The van der Waals surface area contributed by atoms with E-state index in [1.54, 1.807) is 36.4 Å². The molecule has 1 atom stereocenters. The zero-order chi connectivity index (χ0) is 24.3. The van der Waals surface area contributed by atoms with Gasteiger partial charge >= 0.3 is 0 Å². The van der Waals surface area contributed by atoms with Gasteiger partial charge < -0.3 is 5.32 Å². The highest BCUT2D eigenvalue weighted by atomic mass is 32.2. The topological polar surface area (TPSA) is 66.5 Å². The van der Waals surface area contributed by atoms with Crippen LogP contribution in [0.3, 0.4) is 0 Å². The van der Waals surface area contributed by atoms with Crippen molar-refractivity contribution in [2.45, 2.75) is 57.4 Å². The summed E-state index contributed by atoms with van der Waals surface area (Å²) in [4.78, 5) is 13.3.